The zero-order valence-corrected chi connectivity index (χ0v) is 15.3. The number of rotatable bonds is 4. The van der Waals surface area contributed by atoms with Crippen molar-refractivity contribution in [3.8, 4) is 0 Å². The summed E-state index contributed by atoms with van der Waals surface area (Å²) in [7, 11) is 11.9. The number of H-pyrrole nitrogens is 1. The minimum Gasteiger partial charge on any atom is -0.407 e. The van der Waals surface area contributed by atoms with Crippen LogP contribution < -0.4 is 10.9 Å². The van der Waals surface area contributed by atoms with Crippen molar-refractivity contribution >= 4 is 38.7 Å². The van der Waals surface area contributed by atoms with Crippen LogP contribution in [0.3, 0.4) is 0 Å². The standard InChI is InChI=1S/C14H17B2N5O4.CH4O/c1-6(2)11(22)19-13-18-10-9(12(23)20-13)17-5-21(10)8-4-3-7(25-8)14(15,16)24;1-2/h5-8,24H,3-4H2,1-2H3,(H2,18,19,20,22,23);2H,1H3. The van der Waals surface area contributed by atoms with Crippen molar-refractivity contribution < 1.29 is 19.7 Å². The van der Waals surface area contributed by atoms with Crippen molar-refractivity contribution in [3.05, 3.63) is 16.7 Å². The van der Waals surface area contributed by atoms with E-state index in [1.54, 1.807) is 18.4 Å². The smallest absolute Gasteiger partial charge is 0.280 e. The molecule has 27 heavy (non-hydrogen) atoms. The second-order valence-electron chi connectivity index (χ2n) is 6.43. The van der Waals surface area contributed by atoms with Gasteiger partial charge in [-0.3, -0.25) is 24.5 Å². The van der Waals surface area contributed by atoms with E-state index in [4.69, 9.17) is 25.5 Å². The molecule has 12 heteroatoms. The number of aliphatic hydroxyl groups is 2. The van der Waals surface area contributed by atoms with E-state index in [1.807, 2.05) is 0 Å². The van der Waals surface area contributed by atoms with Crippen LogP contribution in [0, 0.1) is 5.92 Å². The normalized spacial score (nSPS) is 19.8. The fourth-order valence-corrected chi connectivity index (χ4v) is 2.62. The number of imidazole rings is 1. The molecule has 10 nitrogen and oxygen atoms in total. The van der Waals surface area contributed by atoms with Gasteiger partial charge >= 0.3 is 0 Å². The number of carbonyl (C=O) groups is 1. The summed E-state index contributed by atoms with van der Waals surface area (Å²) >= 11 is 0. The van der Waals surface area contributed by atoms with Gasteiger partial charge in [0.25, 0.3) is 5.56 Å². The number of ether oxygens (including phenoxy) is 1. The summed E-state index contributed by atoms with van der Waals surface area (Å²) in [6, 6.07) is 0. The number of aromatic nitrogens is 4. The number of amides is 1. The van der Waals surface area contributed by atoms with Crippen molar-refractivity contribution in [1.82, 2.24) is 19.5 Å². The van der Waals surface area contributed by atoms with Gasteiger partial charge in [-0.2, -0.15) is 4.98 Å². The van der Waals surface area contributed by atoms with E-state index in [1.165, 1.54) is 6.33 Å². The van der Waals surface area contributed by atoms with Gasteiger partial charge in [0.15, 0.2) is 11.2 Å². The summed E-state index contributed by atoms with van der Waals surface area (Å²) in [6.45, 7) is 3.45. The summed E-state index contributed by atoms with van der Waals surface area (Å²) in [6.07, 6.45) is 1.08. The van der Waals surface area contributed by atoms with E-state index in [0.717, 1.165) is 7.11 Å². The maximum atomic E-state index is 12.2. The van der Waals surface area contributed by atoms with Gasteiger partial charge in [-0.05, 0) is 12.8 Å². The Bertz CT molecular complexity index is 860. The first-order valence-corrected chi connectivity index (χ1v) is 8.35. The summed E-state index contributed by atoms with van der Waals surface area (Å²) in [5.74, 6) is -0.514. The minimum atomic E-state index is -1.95. The van der Waals surface area contributed by atoms with Crippen LogP contribution >= 0.6 is 0 Å². The molecule has 2 aromatic rings. The van der Waals surface area contributed by atoms with Gasteiger partial charge in [0, 0.05) is 18.4 Å². The fraction of sp³-hybridized carbons (Fsp3) is 0.600. The molecule has 4 N–H and O–H groups in total. The molecule has 142 valence electrons. The van der Waals surface area contributed by atoms with E-state index >= 15 is 0 Å². The number of aromatic amines is 1. The Labute approximate surface area is 158 Å². The van der Waals surface area contributed by atoms with Crippen LogP contribution in [0.5, 0.6) is 0 Å². The van der Waals surface area contributed by atoms with Crippen LogP contribution in [0.25, 0.3) is 11.2 Å². The minimum absolute atomic E-state index is 0.0293. The molecule has 1 saturated heterocycles. The van der Waals surface area contributed by atoms with Crippen LogP contribution in [0.15, 0.2) is 11.1 Å². The molecular weight excluding hydrogens is 352 g/mol. The third kappa shape index (κ3) is 4.57. The molecule has 0 saturated carbocycles. The summed E-state index contributed by atoms with van der Waals surface area (Å²) in [5, 5.41) is 17.3. The number of nitrogens with one attached hydrogen (secondary N) is 2. The first kappa shape index (κ1) is 21.1. The molecule has 0 aromatic carbocycles. The highest BCUT2D eigenvalue weighted by molar-refractivity contribution is 6.39. The largest absolute Gasteiger partial charge is 0.407 e. The van der Waals surface area contributed by atoms with E-state index in [0.29, 0.717) is 12.8 Å². The highest BCUT2D eigenvalue weighted by Crippen LogP contribution is 2.33. The van der Waals surface area contributed by atoms with Gasteiger partial charge in [-0.15, -0.1) is 0 Å². The predicted octanol–water partition coefficient (Wildman–Crippen LogP) is -1.02. The average Bonchev–Trinajstić information content (AvgIpc) is 3.22. The summed E-state index contributed by atoms with van der Waals surface area (Å²) in [5.41, 5.74) is -0.108. The molecule has 0 spiro atoms. The number of fused-ring (bicyclic) bond motifs is 1. The first-order chi connectivity index (χ1) is 12.7. The number of nitrogens with zero attached hydrogens (tertiary/aromatic N) is 3. The molecular formula is C15H21B2N5O5. The van der Waals surface area contributed by atoms with Crippen LogP contribution in [0.1, 0.15) is 32.9 Å². The quantitative estimate of drug-likeness (QED) is 0.503. The Morgan fingerprint density at radius 2 is 2.11 bits per heavy atom. The summed E-state index contributed by atoms with van der Waals surface area (Å²) < 4.78 is 7.22. The SMILES string of the molecule is CO.[B]C([B])(O)C1CCC(n2cnc3c(=O)[nH]c(NC(=O)C(C)C)nc32)O1. The lowest BCUT2D eigenvalue weighted by molar-refractivity contribution is -0.118. The lowest BCUT2D eigenvalue weighted by atomic mass is 9.61. The van der Waals surface area contributed by atoms with Crippen LogP contribution in [0.2, 0.25) is 0 Å². The molecule has 2 aromatic heterocycles. The van der Waals surface area contributed by atoms with Crippen molar-refractivity contribution in [2.45, 2.75) is 44.4 Å². The number of carbonyl (C=O) groups excluding carboxylic acids is 1. The van der Waals surface area contributed by atoms with E-state index in [-0.39, 0.29) is 28.9 Å². The first-order valence-electron chi connectivity index (χ1n) is 8.35. The summed E-state index contributed by atoms with van der Waals surface area (Å²) in [4.78, 5) is 34.8. The molecule has 3 rings (SSSR count). The van der Waals surface area contributed by atoms with Gasteiger partial charge in [0.05, 0.1) is 12.4 Å². The third-order valence-electron chi connectivity index (χ3n) is 4.02. The molecule has 2 atom stereocenters. The molecule has 0 aliphatic carbocycles. The van der Waals surface area contributed by atoms with Gasteiger partial charge in [0.1, 0.15) is 21.9 Å². The monoisotopic (exact) mass is 373 g/mol. The Morgan fingerprint density at radius 1 is 1.44 bits per heavy atom. The average molecular weight is 373 g/mol. The lowest BCUT2D eigenvalue weighted by Gasteiger charge is -2.26. The van der Waals surface area contributed by atoms with Gasteiger partial charge < -0.3 is 14.9 Å². The Morgan fingerprint density at radius 3 is 2.67 bits per heavy atom. The molecule has 1 aliphatic heterocycles. The molecule has 0 bridgehead atoms. The van der Waals surface area contributed by atoms with E-state index in [2.05, 4.69) is 20.3 Å². The number of anilines is 1. The van der Waals surface area contributed by atoms with E-state index in [9.17, 15) is 14.7 Å². The van der Waals surface area contributed by atoms with Crippen molar-refractivity contribution in [3.63, 3.8) is 0 Å². The molecule has 3 heterocycles. The molecule has 4 radical (unpaired) electrons. The second-order valence-corrected chi connectivity index (χ2v) is 6.43. The van der Waals surface area contributed by atoms with Crippen molar-refractivity contribution in [1.29, 1.82) is 0 Å². The highest BCUT2D eigenvalue weighted by atomic mass is 16.5. The maximum absolute atomic E-state index is 12.2. The maximum Gasteiger partial charge on any atom is 0.280 e. The second kappa shape index (κ2) is 8.24. The predicted molar refractivity (Wildman–Crippen MR) is 99.4 cm³/mol. The molecule has 1 aliphatic rings. The number of aliphatic hydroxyl groups excluding tert-OH is 1. The lowest BCUT2D eigenvalue weighted by Crippen LogP contribution is -2.43. The van der Waals surface area contributed by atoms with Crippen LogP contribution in [0.4, 0.5) is 5.95 Å². The Balaban J connectivity index is 0.00000126. The number of hydrogen-bond donors (Lipinski definition) is 4. The Kier molecular flexibility index (Phi) is 6.45. The van der Waals surface area contributed by atoms with Gasteiger partial charge in [0.2, 0.25) is 11.9 Å². The zero-order chi connectivity index (χ0) is 20.4. The topological polar surface area (TPSA) is 142 Å². The molecule has 1 amide bonds. The van der Waals surface area contributed by atoms with Crippen LogP contribution in [-0.4, -0.2) is 69.9 Å². The highest BCUT2D eigenvalue weighted by Gasteiger charge is 2.36. The third-order valence-corrected chi connectivity index (χ3v) is 4.02. The van der Waals surface area contributed by atoms with Gasteiger partial charge in [-0.1, -0.05) is 13.8 Å². The Hall–Kier alpha value is -2.17. The van der Waals surface area contributed by atoms with Gasteiger partial charge in [-0.25, -0.2) is 4.98 Å². The van der Waals surface area contributed by atoms with E-state index < -0.39 is 23.3 Å². The molecule has 1 fully saturated rings. The zero-order valence-electron chi connectivity index (χ0n) is 15.3. The van der Waals surface area contributed by atoms with Crippen molar-refractivity contribution in [2.75, 3.05) is 12.4 Å². The van der Waals surface area contributed by atoms with Crippen LogP contribution in [-0.2, 0) is 9.53 Å². The molecule has 2 unspecified atom stereocenters. The van der Waals surface area contributed by atoms with Crippen molar-refractivity contribution in [2.24, 2.45) is 5.92 Å². The number of hydrogen-bond acceptors (Lipinski definition) is 7. The fourth-order valence-electron chi connectivity index (χ4n) is 2.62.